The highest BCUT2D eigenvalue weighted by Gasteiger charge is 2.33. The Morgan fingerprint density at radius 3 is 1.87 bits per heavy atom. The molecule has 0 bridgehead atoms. The summed E-state index contributed by atoms with van der Waals surface area (Å²) in [6.45, 7) is 15.5. The standard InChI is InChI=1S/C21H34O2/c1-8-9-10-11-12-23-15-16-13-17(20(2,3)4)19(22)18(14-16)21(5,6)7/h13-15H,8-12H2,1-7H3. The van der Waals surface area contributed by atoms with Crippen molar-refractivity contribution < 1.29 is 9.53 Å². The number of unbranched alkanes of at least 4 members (excludes halogenated alkanes) is 3. The minimum Gasteiger partial charge on any atom is -0.501 e. The van der Waals surface area contributed by atoms with Crippen molar-refractivity contribution >= 4 is 5.78 Å². The number of allylic oxidation sites excluding steroid dienone is 5. The lowest BCUT2D eigenvalue weighted by Gasteiger charge is -2.31. The molecular formula is C21H34O2. The largest absolute Gasteiger partial charge is 0.501 e. The van der Waals surface area contributed by atoms with Gasteiger partial charge >= 0.3 is 0 Å². The van der Waals surface area contributed by atoms with E-state index in [4.69, 9.17) is 4.74 Å². The van der Waals surface area contributed by atoms with Gasteiger partial charge in [0.05, 0.1) is 12.9 Å². The highest BCUT2D eigenvalue weighted by molar-refractivity contribution is 6.11. The summed E-state index contributed by atoms with van der Waals surface area (Å²) >= 11 is 0. The second-order valence-electron chi connectivity index (χ2n) is 8.49. The number of Topliss-reactive ketones (excluding diaryl/α,β-unsaturated/α-hetero) is 1. The van der Waals surface area contributed by atoms with Crippen LogP contribution in [0.3, 0.4) is 0 Å². The molecule has 23 heavy (non-hydrogen) atoms. The van der Waals surface area contributed by atoms with E-state index in [2.05, 4.69) is 48.5 Å². The van der Waals surface area contributed by atoms with Crippen LogP contribution in [0, 0.1) is 10.8 Å². The van der Waals surface area contributed by atoms with Gasteiger partial charge in [0.2, 0.25) is 0 Å². The number of ketones is 1. The van der Waals surface area contributed by atoms with E-state index in [0.717, 1.165) is 29.7 Å². The molecule has 2 heteroatoms. The Bertz CT molecular complexity index is 469. The fourth-order valence-corrected chi connectivity index (χ4v) is 2.60. The summed E-state index contributed by atoms with van der Waals surface area (Å²) in [5.74, 6) is 0.171. The first kappa shape index (κ1) is 19.7. The molecule has 0 aliphatic heterocycles. The van der Waals surface area contributed by atoms with Crippen LogP contribution in [0.5, 0.6) is 0 Å². The van der Waals surface area contributed by atoms with Crippen LogP contribution in [0.25, 0.3) is 0 Å². The fraction of sp³-hybridized carbons (Fsp3) is 0.667. The van der Waals surface area contributed by atoms with Crippen LogP contribution in [0.15, 0.2) is 35.1 Å². The predicted octanol–water partition coefficient (Wildman–Crippen LogP) is 5.99. The molecule has 1 rings (SSSR count). The molecule has 0 heterocycles. The summed E-state index contributed by atoms with van der Waals surface area (Å²) in [7, 11) is 0. The monoisotopic (exact) mass is 318 g/mol. The van der Waals surface area contributed by atoms with Crippen LogP contribution >= 0.6 is 0 Å². The predicted molar refractivity (Wildman–Crippen MR) is 98.3 cm³/mol. The van der Waals surface area contributed by atoms with Crippen molar-refractivity contribution in [3.8, 4) is 0 Å². The van der Waals surface area contributed by atoms with E-state index in [-0.39, 0.29) is 16.6 Å². The third-order valence-electron chi connectivity index (χ3n) is 4.06. The Labute approximate surface area is 142 Å². The number of ether oxygens (including phenoxy) is 1. The molecule has 130 valence electrons. The van der Waals surface area contributed by atoms with E-state index in [1.807, 2.05) is 18.4 Å². The molecule has 0 aromatic heterocycles. The number of rotatable bonds is 6. The second kappa shape index (κ2) is 7.99. The van der Waals surface area contributed by atoms with Crippen molar-refractivity contribution in [2.24, 2.45) is 10.8 Å². The minimum absolute atomic E-state index is 0.165. The first-order chi connectivity index (χ1) is 10.6. The average molecular weight is 319 g/mol. The number of hydrogen-bond acceptors (Lipinski definition) is 2. The van der Waals surface area contributed by atoms with Crippen molar-refractivity contribution in [1.82, 2.24) is 0 Å². The van der Waals surface area contributed by atoms with Gasteiger partial charge in [-0.1, -0.05) is 67.7 Å². The maximum absolute atomic E-state index is 12.8. The van der Waals surface area contributed by atoms with E-state index in [1.54, 1.807) is 0 Å². The van der Waals surface area contributed by atoms with Gasteiger partial charge in [-0.05, 0) is 29.4 Å². The van der Waals surface area contributed by atoms with E-state index in [9.17, 15) is 4.79 Å². The highest BCUT2D eigenvalue weighted by Crippen LogP contribution is 2.38. The Balaban J connectivity index is 2.93. The second-order valence-corrected chi connectivity index (χ2v) is 8.49. The van der Waals surface area contributed by atoms with Crippen molar-refractivity contribution in [1.29, 1.82) is 0 Å². The number of carbonyl (C=O) groups is 1. The molecule has 1 aliphatic carbocycles. The molecule has 2 nitrogen and oxygen atoms in total. The molecule has 0 aromatic rings. The van der Waals surface area contributed by atoms with Gasteiger partial charge in [0, 0.05) is 16.7 Å². The minimum atomic E-state index is -0.165. The smallest absolute Gasteiger partial charge is 0.186 e. The van der Waals surface area contributed by atoms with Crippen molar-refractivity contribution in [3.63, 3.8) is 0 Å². The zero-order valence-corrected chi connectivity index (χ0v) is 16.1. The quantitative estimate of drug-likeness (QED) is 0.444. The molecule has 0 aromatic carbocycles. The van der Waals surface area contributed by atoms with E-state index in [1.165, 1.54) is 19.3 Å². The van der Waals surface area contributed by atoms with Gasteiger partial charge in [-0.25, -0.2) is 0 Å². The molecule has 0 atom stereocenters. The third kappa shape index (κ3) is 6.01. The zero-order valence-electron chi connectivity index (χ0n) is 16.1. The maximum atomic E-state index is 12.8. The van der Waals surface area contributed by atoms with Gasteiger partial charge in [-0.15, -0.1) is 0 Å². The molecule has 0 saturated heterocycles. The van der Waals surface area contributed by atoms with Gasteiger partial charge in [0.25, 0.3) is 0 Å². The Hall–Kier alpha value is -1.31. The van der Waals surface area contributed by atoms with E-state index in [0.29, 0.717) is 0 Å². The molecule has 1 aliphatic rings. The molecule has 0 amide bonds. The lowest BCUT2D eigenvalue weighted by atomic mass is 9.72. The SMILES string of the molecule is CCCCCCOC=C1C=C(C(C)(C)C)C(=O)C(C(C)(C)C)=C1. The van der Waals surface area contributed by atoms with Crippen LogP contribution in [-0.4, -0.2) is 12.4 Å². The Kier molecular flexibility index (Phi) is 6.85. The van der Waals surface area contributed by atoms with E-state index >= 15 is 0 Å². The van der Waals surface area contributed by atoms with Crippen LogP contribution in [0.1, 0.15) is 74.1 Å². The van der Waals surface area contributed by atoms with Crippen LogP contribution in [0.2, 0.25) is 0 Å². The fourth-order valence-electron chi connectivity index (χ4n) is 2.60. The molecule has 0 unspecified atom stereocenters. The van der Waals surface area contributed by atoms with Gasteiger partial charge in [-0.2, -0.15) is 0 Å². The topological polar surface area (TPSA) is 26.3 Å². The van der Waals surface area contributed by atoms with Gasteiger partial charge < -0.3 is 4.74 Å². The lowest BCUT2D eigenvalue weighted by Crippen LogP contribution is -2.27. The summed E-state index contributed by atoms with van der Waals surface area (Å²) in [6.07, 6.45) is 10.6. The summed E-state index contributed by atoms with van der Waals surface area (Å²) in [5.41, 5.74) is 2.40. The molecule has 0 fully saturated rings. The maximum Gasteiger partial charge on any atom is 0.186 e. The van der Waals surface area contributed by atoms with Gasteiger partial charge in [0.15, 0.2) is 5.78 Å². The summed E-state index contributed by atoms with van der Waals surface area (Å²) in [4.78, 5) is 12.8. The molecule has 0 spiro atoms. The molecule has 0 saturated carbocycles. The first-order valence-corrected chi connectivity index (χ1v) is 8.88. The zero-order chi connectivity index (χ0) is 17.7. The molecule has 0 N–H and O–H groups in total. The lowest BCUT2D eigenvalue weighted by molar-refractivity contribution is -0.114. The Morgan fingerprint density at radius 2 is 1.43 bits per heavy atom. The molecule has 0 radical (unpaired) electrons. The van der Waals surface area contributed by atoms with Crippen molar-refractivity contribution in [3.05, 3.63) is 35.1 Å². The van der Waals surface area contributed by atoms with E-state index < -0.39 is 0 Å². The van der Waals surface area contributed by atoms with Crippen LogP contribution in [-0.2, 0) is 9.53 Å². The van der Waals surface area contributed by atoms with Gasteiger partial charge in [0.1, 0.15) is 0 Å². The first-order valence-electron chi connectivity index (χ1n) is 8.88. The summed E-state index contributed by atoms with van der Waals surface area (Å²) in [5, 5.41) is 0. The normalized spacial score (nSPS) is 16.1. The van der Waals surface area contributed by atoms with Crippen LogP contribution in [0.4, 0.5) is 0 Å². The van der Waals surface area contributed by atoms with Crippen molar-refractivity contribution in [2.75, 3.05) is 6.61 Å². The third-order valence-corrected chi connectivity index (χ3v) is 4.06. The summed E-state index contributed by atoms with van der Waals surface area (Å²) < 4.78 is 5.71. The average Bonchev–Trinajstić information content (AvgIpc) is 2.41. The van der Waals surface area contributed by atoms with Crippen molar-refractivity contribution in [2.45, 2.75) is 74.1 Å². The Morgan fingerprint density at radius 1 is 0.913 bits per heavy atom. The summed E-state index contributed by atoms with van der Waals surface area (Å²) in [6, 6.07) is 0. The van der Waals surface area contributed by atoms with Crippen LogP contribution < -0.4 is 0 Å². The number of carbonyl (C=O) groups excluding carboxylic acids is 1. The molecular weight excluding hydrogens is 284 g/mol. The number of hydrogen-bond donors (Lipinski definition) is 0. The highest BCUT2D eigenvalue weighted by atomic mass is 16.5. The van der Waals surface area contributed by atoms with Gasteiger partial charge in [-0.3, -0.25) is 4.79 Å².